The summed E-state index contributed by atoms with van der Waals surface area (Å²) in [7, 11) is 0. The Kier molecular flexibility index (Phi) is 5.80. The molecule has 0 atom stereocenters. The summed E-state index contributed by atoms with van der Waals surface area (Å²) in [6.07, 6.45) is 3.93. The number of nitrogens with zero attached hydrogens (tertiary/aromatic N) is 5. The number of urea groups is 1. The van der Waals surface area contributed by atoms with Crippen LogP contribution in [0.3, 0.4) is 0 Å². The molecule has 0 spiro atoms. The number of carbonyl (C=O) groups excluding carboxylic acids is 1. The zero-order valence-corrected chi connectivity index (χ0v) is 15.3. The van der Waals surface area contributed by atoms with Crippen LogP contribution >= 0.6 is 0 Å². The van der Waals surface area contributed by atoms with Gasteiger partial charge < -0.3 is 10.6 Å². The molecular weight excluding hydrogens is 349 g/mol. The standard InChI is InChI=1S/C18H22FN7O/c1-13-22-14(2)26(24-13)9-5-8-20-18(27)23-16-10-21-25(12-16)11-15-6-3-4-7-17(15)19/h3-4,6-7,10,12H,5,8-9,11H2,1-2H3,(H2,20,23,27). The van der Waals surface area contributed by atoms with Gasteiger partial charge in [0.25, 0.3) is 0 Å². The number of anilines is 1. The lowest BCUT2D eigenvalue weighted by Gasteiger charge is -2.06. The molecule has 2 aromatic heterocycles. The van der Waals surface area contributed by atoms with E-state index in [2.05, 4.69) is 25.8 Å². The van der Waals surface area contributed by atoms with E-state index in [0.29, 0.717) is 30.9 Å². The molecule has 8 nitrogen and oxygen atoms in total. The van der Waals surface area contributed by atoms with Crippen LogP contribution < -0.4 is 10.6 Å². The third kappa shape index (κ3) is 5.13. The van der Waals surface area contributed by atoms with Crippen LogP contribution in [-0.2, 0) is 13.1 Å². The molecule has 0 aliphatic rings. The second kappa shape index (κ2) is 8.43. The first-order valence-electron chi connectivity index (χ1n) is 8.70. The van der Waals surface area contributed by atoms with Gasteiger partial charge in [-0.15, -0.1) is 0 Å². The molecule has 2 amide bonds. The highest BCUT2D eigenvalue weighted by atomic mass is 19.1. The average molecular weight is 371 g/mol. The van der Waals surface area contributed by atoms with Crippen LogP contribution in [0.5, 0.6) is 0 Å². The smallest absolute Gasteiger partial charge is 0.319 e. The minimum Gasteiger partial charge on any atom is -0.338 e. The van der Waals surface area contributed by atoms with Crippen molar-refractivity contribution in [2.75, 3.05) is 11.9 Å². The van der Waals surface area contributed by atoms with E-state index in [4.69, 9.17) is 0 Å². The number of amides is 2. The van der Waals surface area contributed by atoms with Crippen molar-refractivity contribution in [1.82, 2.24) is 29.9 Å². The van der Waals surface area contributed by atoms with E-state index in [-0.39, 0.29) is 11.8 Å². The van der Waals surface area contributed by atoms with Crippen molar-refractivity contribution >= 4 is 11.7 Å². The summed E-state index contributed by atoms with van der Waals surface area (Å²) in [5.41, 5.74) is 1.09. The van der Waals surface area contributed by atoms with Gasteiger partial charge in [0.15, 0.2) is 0 Å². The second-order valence-corrected chi connectivity index (χ2v) is 6.18. The van der Waals surface area contributed by atoms with Crippen LogP contribution in [0.15, 0.2) is 36.7 Å². The van der Waals surface area contributed by atoms with Gasteiger partial charge in [-0.05, 0) is 26.3 Å². The fourth-order valence-corrected chi connectivity index (χ4v) is 2.69. The molecule has 142 valence electrons. The highest BCUT2D eigenvalue weighted by Gasteiger charge is 2.07. The summed E-state index contributed by atoms with van der Waals surface area (Å²) < 4.78 is 17.1. The fraction of sp³-hybridized carbons (Fsp3) is 0.333. The first kappa shape index (κ1) is 18.6. The summed E-state index contributed by atoms with van der Waals surface area (Å²) in [6, 6.07) is 6.22. The minimum atomic E-state index is -0.313. The van der Waals surface area contributed by atoms with E-state index in [1.807, 2.05) is 18.5 Å². The van der Waals surface area contributed by atoms with Gasteiger partial charge in [-0.2, -0.15) is 10.2 Å². The molecule has 9 heteroatoms. The summed E-state index contributed by atoms with van der Waals surface area (Å²) in [4.78, 5) is 16.2. The minimum absolute atomic E-state index is 0.280. The number of halogens is 1. The molecule has 0 saturated carbocycles. The molecule has 2 heterocycles. The number of hydrogen-bond acceptors (Lipinski definition) is 4. The highest BCUT2D eigenvalue weighted by Crippen LogP contribution is 2.11. The Labute approximate surface area is 156 Å². The van der Waals surface area contributed by atoms with E-state index in [1.165, 1.54) is 12.3 Å². The SMILES string of the molecule is Cc1nc(C)n(CCCNC(=O)Nc2cnn(Cc3ccccc3F)c2)n1. The predicted octanol–water partition coefficient (Wildman–Crippen LogP) is 2.49. The van der Waals surface area contributed by atoms with Gasteiger partial charge in [0.1, 0.15) is 17.5 Å². The summed E-state index contributed by atoms with van der Waals surface area (Å²) in [5.74, 6) is 1.32. The van der Waals surface area contributed by atoms with Gasteiger partial charge in [-0.1, -0.05) is 18.2 Å². The van der Waals surface area contributed by atoms with E-state index in [9.17, 15) is 9.18 Å². The molecule has 0 radical (unpaired) electrons. The van der Waals surface area contributed by atoms with Crippen molar-refractivity contribution in [2.45, 2.75) is 33.4 Å². The molecule has 0 bridgehead atoms. The lowest BCUT2D eigenvalue weighted by Crippen LogP contribution is -2.30. The van der Waals surface area contributed by atoms with Crippen molar-refractivity contribution in [3.05, 3.63) is 59.7 Å². The maximum Gasteiger partial charge on any atom is 0.319 e. The molecule has 3 aromatic rings. The van der Waals surface area contributed by atoms with Gasteiger partial charge in [-0.3, -0.25) is 9.36 Å². The van der Waals surface area contributed by atoms with Crippen LogP contribution in [0.1, 0.15) is 23.6 Å². The van der Waals surface area contributed by atoms with E-state index in [0.717, 1.165) is 18.1 Å². The van der Waals surface area contributed by atoms with Crippen molar-refractivity contribution < 1.29 is 9.18 Å². The van der Waals surface area contributed by atoms with Crippen LogP contribution in [0.2, 0.25) is 0 Å². The van der Waals surface area contributed by atoms with E-state index in [1.54, 1.807) is 29.1 Å². The quantitative estimate of drug-likeness (QED) is 0.625. The number of benzene rings is 1. The number of carbonyl (C=O) groups is 1. The lowest BCUT2D eigenvalue weighted by atomic mass is 10.2. The normalized spacial score (nSPS) is 10.8. The molecule has 27 heavy (non-hydrogen) atoms. The molecule has 2 N–H and O–H groups in total. The molecule has 3 rings (SSSR count). The number of nitrogens with one attached hydrogen (secondary N) is 2. The van der Waals surface area contributed by atoms with Crippen LogP contribution in [0.4, 0.5) is 14.9 Å². The largest absolute Gasteiger partial charge is 0.338 e. The van der Waals surface area contributed by atoms with Crippen molar-refractivity contribution in [1.29, 1.82) is 0 Å². The summed E-state index contributed by atoms with van der Waals surface area (Å²) >= 11 is 0. The average Bonchev–Trinajstić information content (AvgIpc) is 3.19. The number of rotatable bonds is 7. The summed E-state index contributed by atoms with van der Waals surface area (Å²) in [5, 5.41) is 13.9. The zero-order chi connectivity index (χ0) is 19.2. The van der Waals surface area contributed by atoms with Crippen molar-refractivity contribution in [3.8, 4) is 0 Å². The van der Waals surface area contributed by atoms with Gasteiger partial charge in [-0.25, -0.2) is 14.2 Å². The van der Waals surface area contributed by atoms with Crippen LogP contribution in [0, 0.1) is 19.7 Å². The Morgan fingerprint density at radius 3 is 2.81 bits per heavy atom. The van der Waals surface area contributed by atoms with E-state index < -0.39 is 0 Å². The Bertz CT molecular complexity index is 918. The van der Waals surface area contributed by atoms with E-state index >= 15 is 0 Å². The first-order chi connectivity index (χ1) is 13.0. The van der Waals surface area contributed by atoms with Gasteiger partial charge in [0, 0.05) is 24.8 Å². The molecule has 0 aliphatic heterocycles. The molecule has 0 saturated heterocycles. The third-order valence-corrected chi connectivity index (χ3v) is 3.98. The Morgan fingerprint density at radius 2 is 2.07 bits per heavy atom. The molecule has 1 aromatic carbocycles. The van der Waals surface area contributed by atoms with Crippen molar-refractivity contribution in [3.63, 3.8) is 0 Å². The molecule has 0 fully saturated rings. The van der Waals surface area contributed by atoms with Gasteiger partial charge in [0.05, 0.1) is 18.4 Å². The Balaban J connectivity index is 1.42. The van der Waals surface area contributed by atoms with Gasteiger partial charge >= 0.3 is 6.03 Å². The summed E-state index contributed by atoms with van der Waals surface area (Å²) in [6.45, 7) is 5.24. The van der Waals surface area contributed by atoms with Crippen molar-refractivity contribution in [2.24, 2.45) is 0 Å². The topological polar surface area (TPSA) is 89.7 Å². The Morgan fingerprint density at radius 1 is 1.26 bits per heavy atom. The maximum absolute atomic E-state index is 13.7. The van der Waals surface area contributed by atoms with Crippen LogP contribution in [-0.4, -0.2) is 37.1 Å². The fourth-order valence-electron chi connectivity index (χ4n) is 2.69. The zero-order valence-electron chi connectivity index (χ0n) is 15.3. The monoisotopic (exact) mass is 371 g/mol. The number of aryl methyl sites for hydroxylation is 3. The Hall–Kier alpha value is -3.23. The number of aromatic nitrogens is 5. The highest BCUT2D eigenvalue weighted by molar-refractivity contribution is 5.88. The predicted molar refractivity (Wildman–Crippen MR) is 98.9 cm³/mol. The second-order valence-electron chi connectivity index (χ2n) is 6.18. The first-order valence-corrected chi connectivity index (χ1v) is 8.70. The number of hydrogen-bond donors (Lipinski definition) is 2. The third-order valence-electron chi connectivity index (χ3n) is 3.98. The maximum atomic E-state index is 13.7. The molecule has 0 aliphatic carbocycles. The molecule has 0 unspecified atom stereocenters. The van der Waals surface area contributed by atoms with Gasteiger partial charge in [0.2, 0.25) is 0 Å². The molecular formula is C18H22FN7O. The van der Waals surface area contributed by atoms with Crippen LogP contribution in [0.25, 0.3) is 0 Å². The lowest BCUT2D eigenvalue weighted by molar-refractivity contribution is 0.251.